The molecule has 0 aliphatic carbocycles. The van der Waals surface area contributed by atoms with Gasteiger partial charge in [0.05, 0.1) is 24.6 Å². The largest absolute Gasteiger partial charge is 0.508 e. The maximum Gasteiger partial charge on any atom is 0.238 e. The summed E-state index contributed by atoms with van der Waals surface area (Å²) in [5.41, 5.74) is 2.67. The summed E-state index contributed by atoms with van der Waals surface area (Å²) in [5.74, 6) is -1.50. The number of phenols is 4. The highest BCUT2D eigenvalue weighted by Gasteiger charge is 2.19. The van der Waals surface area contributed by atoms with Crippen LogP contribution < -0.4 is 5.43 Å². The number of nitrogens with zero attached hydrogens (tertiary/aromatic N) is 2. The molecule has 0 fully saturated rings. The molecule has 0 unspecified atom stereocenters. The minimum Gasteiger partial charge on any atom is -0.508 e. The Kier molecular flexibility index (Phi) is 10.7. The fourth-order valence-corrected chi connectivity index (χ4v) is 6.50. The molecule has 0 aliphatic rings. The maximum absolute atomic E-state index is 12.1. The first-order valence-electron chi connectivity index (χ1n) is 13.4. The van der Waals surface area contributed by atoms with E-state index in [0.717, 1.165) is 35.4 Å². The van der Waals surface area contributed by atoms with Crippen molar-refractivity contribution in [2.24, 2.45) is 0 Å². The molecule has 13 nitrogen and oxygen atoms in total. The van der Waals surface area contributed by atoms with Crippen molar-refractivity contribution in [2.75, 3.05) is 0 Å². The summed E-state index contributed by atoms with van der Waals surface area (Å²) in [6.45, 7) is 2.90. The van der Waals surface area contributed by atoms with E-state index in [-0.39, 0.29) is 58.5 Å². The van der Waals surface area contributed by atoms with Gasteiger partial charge in [-0.15, -0.1) is 0 Å². The van der Waals surface area contributed by atoms with Crippen LogP contribution in [-0.4, -0.2) is 55.9 Å². The Bertz CT molecular complexity index is 1900. The van der Waals surface area contributed by atoms with Crippen LogP contribution in [0.4, 0.5) is 0 Å². The monoisotopic (exact) mass is 670 g/mol. The van der Waals surface area contributed by atoms with Crippen LogP contribution in [0, 0.1) is 13.8 Å². The minimum absolute atomic E-state index is 0.0378. The van der Waals surface area contributed by atoms with Gasteiger partial charge in [-0.3, -0.25) is 14.8 Å². The number of benzene rings is 2. The first-order chi connectivity index (χ1) is 21.9. The van der Waals surface area contributed by atoms with Gasteiger partial charge in [-0.05, 0) is 43.2 Å². The Morgan fingerprint density at radius 1 is 0.696 bits per heavy atom. The van der Waals surface area contributed by atoms with Crippen LogP contribution in [0.2, 0.25) is 0 Å². The Hall–Kier alpha value is -4.83. The lowest BCUT2D eigenvalue weighted by molar-refractivity contribution is 0.273. The molecule has 0 saturated carbocycles. The predicted molar refractivity (Wildman–Crippen MR) is 172 cm³/mol. The summed E-state index contributed by atoms with van der Waals surface area (Å²) in [6.07, 6.45) is 3.32. The number of aliphatic hydroxyl groups is 2. The first kappa shape index (κ1) is 34.1. The van der Waals surface area contributed by atoms with Gasteiger partial charge < -0.3 is 50.4 Å². The number of aromatic hydroxyl groups is 7. The maximum atomic E-state index is 12.1. The zero-order chi connectivity index (χ0) is 33.7. The quantitative estimate of drug-likeness (QED) is 0.0625. The van der Waals surface area contributed by atoms with Crippen LogP contribution in [0.3, 0.4) is 0 Å². The van der Waals surface area contributed by atoms with Crippen molar-refractivity contribution in [1.82, 2.24) is 9.97 Å². The van der Waals surface area contributed by atoms with Crippen LogP contribution >= 0.6 is 21.6 Å². The molecule has 5 aromatic rings. The molecule has 0 atom stereocenters. The highest BCUT2D eigenvalue weighted by molar-refractivity contribution is 8.76. The van der Waals surface area contributed by atoms with Crippen molar-refractivity contribution >= 4 is 32.6 Å². The molecule has 2 aromatic carbocycles. The number of hydrogen-bond acceptors (Lipinski definition) is 15. The number of fused-ring (bicyclic) bond motifs is 1. The molecular weight excluding hydrogens is 640 g/mol. The first-order valence-corrected chi connectivity index (χ1v) is 15.9. The number of aromatic nitrogens is 2. The van der Waals surface area contributed by atoms with E-state index >= 15 is 0 Å². The van der Waals surface area contributed by atoms with Crippen LogP contribution in [0.1, 0.15) is 33.6 Å². The number of phenolic OH excluding ortho intramolecular Hbond substituents is 4. The summed E-state index contributed by atoms with van der Waals surface area (Å²) in [5, 5.41) is 86.3. The second kappa shape index (κ2) is 14.5. The molecule has 0 bridgehead atoms. The van der Waals surface area contributed by atoms with Gasteiger partial charge >= 0.3 is 0 Å². The fraction of sp³-hybridized carbons (Fsp3) is 0.194. The lowest BCUT2D eigenvalue weighted by Gasteiger charge is -2.12. The molecule has 3 heterocycles. The molecule has 0 amide bonds. The van der Waals surface area contributed by atoms with Crippen LogP contribution in [0.15, 0.2) is 51.9 Å². The zero-order valence-corrected chi connectivity index (χ0v) is 26.1. The molecule has 15 heteroatoms. The number of hydrogen-bond donors (Lipinski definition) is 9. The summed E-state index contributed by atoms with van der Waals surface area (Å²) in [7, 11) is 3.08. The Morgan fingerprint density at radius 2 is 1.24 bits per heavy atom. The number of rotatable bonds is 8. The average molecular weight is 671 g/mol. The summed E-state index contributed by atoms with van der Waals surface area (Å²) >= 11 is 0. The van der Waals surface area contributed by atoms with E-state index in [2.05, 4.69) is 9.97 Å². The summed E-state index contributed by atoms with van der Waals surface area (Å²) < 4.78 is 5.35. The van der Waals surface area contributed by atoms with Gasteiger partial charge in [0.2, 0.25) is 11.2 Å². The van der Waals surface area contributed by atoms with Crippen molar-refractivity contribution in [3.05, 3.63) is 86.6 Å². The van der Waals surface area contributed by atoms with Gasteiger partial charge in [0.1, 0.15) is 34.0 Å². The Morgan fingerprint density at radius 3 is 1.74 bits per heavy atom. The van der Waals surface area contributed by atoms with Gasteiger partial charge in [0.25, 0.3) is 0 Å². The highest BCUT2D eigenvalue weighted by atomic mass is 33.1. The third kappa shape index (κ3) is 7.18. The molecule has 9 N–H and O–H groups in total. The van der Waals surface area contributed by atoms with Gasteiger partial charge in [0, 0.05) is 52.7 Å². The number of pyridine rings is 2. The van der Waals surface area contributed by atoms with Crippen molar-refractivity contribution in [1.29, 1.82) is 0 Å². The second-order valence-electron chi connectivity index (χ2n) is 9.88. The van der Waals surface area contributed by atoms with Crippen molar-refractivity contribution in [2.45, 2.75) is 38.6 Å². The number of aryl methyl sites for hydroxylation is 2. The molecule has 0 aliphatic heterocycles. The van der Waals surface area contributed by atoms with E-state index in [0.29, 0.717) is 34.0 Å². The molecule has 5 rings (SSSR count). The van der Waals surface area contributed by atoms with E-state index in [1.54, 1.807) is 26.2 Å². The molecular formula is C31H30N2O11S2. The van der Waals surface area contributed by atoms with Crippen LogP contribution in [-0.2, 0) is 24.7 Å². The fourth-order valence-electron chi connectivity index (χ4n) is 4.32. The average Bonchev–Trinajstić information content (AvgIpc) is 3.02. The molecule has 0 radical (unpaired) electrons. The third-order valence-electron chi connectivity index (χ3n) is 6.86. The van der Waals surface area contributed by atoms with Crippen LogP contribution in [0.25, 0.3) is 22.3 Å². The van der Waals surface area contributed by atoms with Gasteiger partial charge in [-0.25, -0.2) is 0 Å². The van der Waals surface area contributed by atoms with E-state index < -0.39 is 22.7 Å². The number of aliphatic hydroxyl groups excluding tert-OH is 2. The minimum atomic E-state index is -0.888. The zero-order valence-electron chi connectivity index (χ0n) is 24.4. The molecule has 3 aromatic heterocycles. The Balaban J connectivity index is 0.000000209. The van der Waals surface area contributed by atoms with E-state index in [9.17, 15) is 50.8 Å². The van der Waals surface area contributed by atoms with E-state index in [1.165, 1.54) is 27.7 Å². The second-order valence-corrected chi connectivity index (χ2v) is 12.3. The molecule has 46 heavy (non-hydrogen) atoms. The smallest absolute Gasteiger partial charge is 0.238 e. The molecule has 0 saturated heterocycles. The predicted octanol–water partition coefficient (Wildman–Crippen LogP) is 4.56. The SMILES string of the molecule is Cc1ncc(CSSCc2cnc(C)c(O)c2CO)c(CO)c1O.O=c1c(O)c(-c2ccc(O)c(O)c2)oc2cc(O)cc(O)c12. The summed E-state index contributed by atoms with van der Waals surface area (Å²) in [6, 6.07) is 5.64. The van der Waals surface area contributed by atoms with Crippen LogP contribution in [0.5, 0.6) is 40.2 Å². The van der Waals surface area contributed by atoms with Gasteiger partial charge in [-0.2, -0.15) is 0 Å². The lowest BCUT2D eigenvalue weighted by atomic mass is 10.1. The topological polar surface area (TPSA) is 238 Å². The van der Waals surface area contributed by atoms with E-state index in [1.807, 2.05) is 0 Å². The highest BCUT2D eigenvalue weighted by Crippen LogP contribution is 2.38. The lowest BCUT2D eigenvalue weighted by Crippen LogP contribution is -2.02. The normalized spacial score (nSPS) is 11.0. The van der Waals surface area contributed by atoms with Crippen molar-refractivity contribution in [3.63, 3.8) is 0 Å². The molecule has 0 spiro atoms. The van der Waals surface area contributed by atoms with E-state index in [4.69, 9.17) is 4.42 Å². The third-order valence-corrected chi connectivity index (χ3v) is 9.09. The standard InChI is InChI=1S/C16H20N2O4S2.C15H10O7/c1-9-15(21)13(5-19)11(3-17-9)7-23-24-8-12-4-18-10(2)16(22)14(12)6-20;16-7-4-10(19)12-11(5-7)22-15(14(21)13(12)20)6-1-2-8(17)9(18)3-6/h3-4,19-22H,5-8H2,1-2H3;1-5,16-19,21H. The summed E-state index contributed by atoms with van der Waals surface area (Å²) in [4.78, 5) is 20.4. The molecule has 242 valence electrons. The van der Waals surface area contributed by atoms with Crippen molar-refractivity contribution < 1.29 is 50.4 Å². The van der Waals surface area contributed by atoms with Gasteiger partial charge in [-0.1, -0.05) is 21.6 Å². The van der Waals surface area contributed by atoms with Crippen molar-refractivity contribution in [3.8, 4) is 51.6 Å². The Labute approximate surface area is 269 Å². The van der Waals surface area contributed by atoms with Gasteiger partial charge in [0.15, 0.2) is 17.3 Å².